The summed E-state index contributed by atoms with van der Waals surface area (Å²) in [5.41, 5.74) is 3.43. The van der Waals surface area contributed by atoms with E-state index >= 15 is 0 Å². The third-order valence-electron chi connectivity index (χ3n) is 4.20. The van der Waals surface area contributed by atoms with E-state index in [0.29, 0.717) is 5.92 Å². The molecule has 4 nitrogen and oxygen atoms in total. The molecule has 0 spiro atoms. The van der Waals surface area contributed by atoms with Crippen LogP contribution >= 0.6 is 22.7 Å². The molecule has 23 heavy (non-hydrogen) atoms. The maximum absolute atomic E-state index is 11.6. The van der Waals surface area contributed by atoms with Gasteiger partial charge in [0.15, 0.2) is 0 Å². The van der Waals surface area contributed by atoms with E-state index in [4.69, 9.17) is 4.98 Å². The zero-order valence-corrected chi connectivity index (χ0v) is 14.7. The molecular formula is C17H17N3OS2. The van der Waals surface area contributed by atoms with Crippen molar-refractivity contribution >= 4 is 43.8 Å². The molecule has 0 bridgehead atoms. The van der Waals surface area contributed by atoms with Gasteiger partial charge in [-0.25, -0.2) is 4.98 Å². The number of hydrogen-bond acceptors (Lipinski definition) is 5. The number of rotatable bonds is 2. The van der Waals surface area contributed by atoms with Gasteiger partial charge < -0.3 is 5.32 Å². The maximum atomic E-state index is 11.6. The molecule has 3 aromatic heterocycles. The van der Waals surface area contributed by atoms with Crippen LogP contribution in [-0.4, -0.2) is 15.9 Å². The van der Waals surface area contributed by atoms with Gasteiger partial charge in [0.1, 0.15) is 15.5 Å². The second-order valence-corrected chi connectivity index (χ2v) is 8.24. The van der Waals surface area contributed by atoms with Gasteiger partial charge in [-0.3, -0.25) is 9.78 Å². The second kappa shape index (κ2) is 5.69. The van der Waals surface area contributed by atoms with Crippen molar-refractivity contribution in [2.24, 2.45) is 5.92 Å². The zero-order valence-electron chi connectivity index (χ0n) is 13.0. The molecule has 4 rings (SSSR count). The molecule has 1 aliphatic carbocycles. The Hall–Kier alpha value is -1.79. The third-order valence-corrected chi connectivity index (χ3v) is 6.43. The first-order chi connectivity index (χ1) is 11.1. The van der Waals surface area contributed by atoms with Crippen LogP contribution in [0, 0.1) is 5.92 Å². The van der Waals surface area contributed by atoms with Gasteiger partial charge in [-0.15, -0.1) is 22.7 Å². The van der Waals surface area contributed by atoms with E-state index in [2.05, 4.69) is 17.2 Å². The Bertz CT molecular complexity index is 864. The fourth-order valence-electron chi connectivity index (χ4n) is 3.11. The number of nitrogens with one attached hydrogen (secondary N) is 1. The molecule has 0 saturated heterocycles. The average Bonchev–Trinajstić information content (AvgIpc) is 3.06. The molecule has 1 aliphatic rings. The summed E-state index contributed by atoms with van der Waals surface area (Å²) >= 11 is 3.39. The highest BCUT2D eigenvalue weighted by Gasteiger charge is 2.26. The molecular weight excluding hydrogens is 326 g/mol. The molecule has 3 heterocycles. The molecule has 1 atom stereocenters. The standard InChI is InChI=1S/C17H17N3OS2/c1-9-3-4-11-14(7-9)23-16(19-10(2)21)15(11)17-20-12-8-18-6-5-13(12)22-17/h5-6,8-9H,3-4,7H2,1-2H3,(H,19,21). The first-order valence-corrected chi connectivity index (χ1v) is 9.38. The predicted molar refractivity (Wildman–Crippen MR) is 96.2 cm³/mol. The van der Waals surface area contributed by atoms with E-state index < -0.39 is 0 Å². The Morgan fingerprint density at radius 2 is 2.26 bits per heavy atom. The van der Waals surface area contributed by atoms with Gasteiger partial charge in [-0.2, -0.15) is 0 Å². The summed E-state index contributed by atoms with van der Waals surface area (Å²) in [6, 6.07) is 2.00. The number of anilines is 1. The molecule has 0 saturated carbocycles. The van der Waals surface area contributed by atoms with Crippen LogP contribution in [0.5, 0.6) is 0 Å². The molecule has 0 radical (unpaired) electrons. The number of thiophene rings is 1. The van der Waals surface area contributed by atoms with E-state index in [0.717, 1.165) is 38.6 Å². The SMILES string of the molecule is CC(=O)Nc1sc2c(c1-c1nc3cnccc3s1)CCC(C)C2. The van der Waals surface area contributed by atoms with Crippen molar-refractivity contribution in [1.82, 2.24) is 9.97 Å². The smallest absolute Gasteiger partial charge is 0.221 e. The third kappa shape index (κ3) is 2.66. The lowest BCUT2D eigenvalue weighted by atomic mass is 9.88. The van der Waals surface area contributed by atoms with Crippen molar-refractivity contribution in [2.75, 3.05) is 5.32 Å². The van der Waals surface area contributed by atoms with E-state index in [1.54, 1.807) is 42.0 Å². The highest BCUT2D eigenvalue weighted by atomic mass is 32.1. The average molecular weight is 343 g/mol. The van der Waals surface area contributed by atoms with Gasteiger partial charge in [0, 0.05) is 23.6 Å². The molecule has 0 aromatic carbocycles. The van der Waals surface area contributed by atoms with Crippen LogP contribution in [-0.2, 0) is 17.6 Å². The lowest BCUT2D eigenvalue weighted by Crippen LogP contribution is -2.09. The quantitative estimate of drug-likeness (QED) is 0.745. The van der Waals surface area contributed by atoms with Crippen LogP contribution in [0.3, 0.4) is 0 Å². The number of pyridine rings is 1. The van der Waals surface area contributed by atoms with Crippen LogP contribution in [0.2, 0.25) is 0 Å². The molecule has 6 heteroatoms. The first-order valence-electron chi connectivity index (χ1n) is 7.75. The summed E-state index contributed by atoms with van der Waals surface area (Å²) in [6.45, 7) is 3.86. The summed E-state index contributed by atoms with van der Waals surface area (Å²) < 4.78 is 1.13. The number of aromatic nitrogens is 2. The van der Waals surface area contributed by atoms with E-state index in [1.165, 1.54) is 16.9 Å². The van der Waals surface area contributed by atoms with Crippen molar-refractivity contribution in [3.8, 4) is 10.6 Å². The molecule has 118 valence electrons. The normalized spacial score (nSPS) is 17.2. The predicted octanol–water partition coefficient (Wildman–Crippen LogP) is 4.50. The minimum Gasteiger partial charge on any atom is -0.317 e. The minimum absolute atomic E-state index is 0.0272. The van der Waals surface area contributed by atoms with Crippen LogP contribution in [0.4, 0.5) is 5.00 Å². The Morgan fingerprint density at radius 1 is 1.39 bits per heavy atom. The van der Waals surface area contributed by atoms with Crippen LogP contribution in [0.15, 0.2) is 18.5 Å². The molecule has 1 amide bonds. The van der Waals surface area contributed by atoms with Crippen LogP contribution in [0.25, 0.3) is 20.8 Å². The van der Waals surface area contributed by atoms with Crippen molar-refractivity contribution in [3.63, 3.8) is 0 Å². The second-order valence-electron chi connectivity index (χ2n) is 6.10. The number of fused-ring (bicyclic) bond motifs is 2. The highest BCUT2D eigenvalue weighted by molar-refractivity contribution is 7.22. The van der Waals surface area contributed by atoms with Gasteiger partial charge in [0.25, 0.3) is 0 Å². The number of amides is 1. The first kappa shape index (κ1) is 14.8. The Morgan fingerprint density at radius 3 is 3.04 bits per heavy atom. The van der Waals surface area contributed by atoms with E-state index in [-0.39, 0.29) is 5.91 Å². The fourth-order valence-corrected chi connectivity index (χ4v) is 5.65. The van der Waals surface area contributed by atoms with Gasteiger partial charge in [-0.05, 0) is 36.8 Å². The number of thiazole rings is 1. The van der Waals surface area contributed by atoms with Crippen LogP contribution < -0.4 is 5.32 Å². The Kier molecular flexibility index (Phi) is 3.66. The summed E-state index contributed by atoms with van der Waals surface area (Å²) in [5.74, 6) is 0.680. The lowest BCUT2D eigenvalue weighted by molar-refractivity contribution is -0.114. The minimum atomic E-state index is -0.0272. The highest BCUT2D eigenvalue weighted by Crippen LogP contribution is 2.46. The van der Waals surface area contributed by atoms with Crippen molar-refractivity contribution in [3.05, 3.63) is 28.9 Å². The summed E-state index contributed by atoms with van der Waals surface area (Å²) in [4.78, 5) is 21.9. The molecule has 0 aliphatic heterocycles. The van der Waals surface area contributed by atoms with Gasteiger partial charge >= 0.3 is 0 Å². The van der Waals surface area contributed by atoms with Gasteiger partial charge in [0.05, 0.1) is 10.9 Å². The van der Waals surface area contributed by atoms with Crippen LogP contribution in [0.1, 0.15) is 30.7 Å². The summed E-state index contributed by atoms with van der Waals surface area (Å²) in [6.07, 6.45) is 6.95. The van der Waals surface area contributed by atoms with E-state index in [1.807, 2.05) is 6.07 Å². The maximum Gasteiger partial charge on any atom is 0.221 e. The van der Waals surface area contributed by atoms with Gasteiger partial charge in [-0.1, -0.05) is 6.92 Å². The van der Waals surface area contributed by atoms with Crippen molar-refractivity contribution in [2.45, 2.75) is 33.1 Å². The van der Waals surface area contributed by atoms with E-state index in [9.17, 15) is 4.79 Å². The largest absolute Gasteiger partial charge is 0.317 e. The Balaban J connectivity index is 1.89. The molecule has 1 unspecified atom stereocenters. The lowest BCUT2D eigenvalue weighted by Gasteiger charge is -2.18. The summed E-state index contributed by atoms with van der Waals surface area (Å²) in [7, 11) is 0. The molecule has 0 fully saturated rings. The molecule has 3 aromatic rings. The monoisotopic (exact) mass is 343 g/mol. The Labute approximate surface area is 142 Å². The van der Waals surface area contributed by atoms with Crippen molar-refractivity contribution in [1.29, 1.82) is 0 Å². The number of hydrogen-bond donors (Lipinski definition) is 1. The topological polar surface area (TPSA) is 54.9 Å². The van der Waals surface area contributed by atoms with Crippen molar-refractivity contribution < 1.29 is 4.79 Å². The summed E-state index contributed by atoms with van der Waals surface area (Å²) in [5, 5.41) is 4.96. The molecule has 1 N–H and O–H groups in total. The number of carbonyl (C=O) groups excluding carboxylic acids is 1. The fraction of sp³-hybridized carbons (Fsp3) is 0.353. The van der Waals surface area contributed by atoms with Gasteiger partial charge in [0.2, 0.25) is 5.91 Å². The number of nitrogens with zero attached hydrogens (tertiary/aromatic N) is 2. The number of carbonyl (C=O) groups is 1. The zero-order chi connectivity index (χ0) is 16.0.